The maximum Gasteiger partial charge on any atom is 0.282 e. The zero-order valence-electron chi connectivity index (χ0n) is 19.2. The van der Waals surface area contributed by atoms with Crippen molar-refractivity contribution in [1.82, 2.24) is 0 Å². The van der Waals surface area contributed by atoms with Crippen LogP contribution in [-0.4, -0.2) is 17.9 Å². The molecule has 2 aromatic carbocycles. The Labute approximate surface area is 180 Å². The van der Waals surface area contributed by atoms with Gasteiger partial charge in [-0.25, -0.2) is 0 Å². The molecule has 2 atom stereocenters. The number of amides is 2. The van der Waals surface area contributed by atoms with E-state index in [4.69, 9.17) is 0 Å². The van der Waals surface area contributed by atoms with Gasteiger partial charge in [-0.2, -0.15) is 0 Å². The summed E-state index contributed by atoms with van der Waals surface area (Å²) in [5, 5.41) is 7.82. The summed E-state index contributed by atoms with van der Waals surface area (Å²) in [5.74, 6) is 0.224. The molecule has 0 fully saturated rings. The molecule has 0 radical (unpaired) electrons. The Hall–Kier alpha value is -2.66. The molecule has 2 rings (SSSR count). The van der Waals surface area contributed by atoms with Crippen molar-refractivity contribution in [2.45, 2.75) is 66.0 Å². The minimum absolute atomic E-state index is 0.0424. The van der Waals surface area contributed by atoms with Gasteiger partial charge in [0.1, 0.15) is 6.04 Å². The fourth-order valence-electron chi connectivity index (χ4n) is 3.42. The van der Waals surface area contributed by atoms with Gasteiger partial charge < -0.3 is 16.0 Å². The molecule has 0 aliphatic carbocycles. The molecule has 0 saturated carbocycles. The number of carbonyl (C=O) groups is 2. The predicted molar refractivity (Wildman–Crippen MR) is 123 cm³/mol. The smallest absolute Gasteiger partial charge is 0.282 e. The first-order valence-electron chi connectivity index (χ1n) is 10.6. The maximum absolute atomic E-state index is 12.7. The summed E-state index contributed by atoms with van der Waals surface area (Å²) in [5.41, 5.74) is 4.08. The summed E-state index contributed by atoms with van der Waals surface area (Å²) in [7, 11) is 0. The lowest BCUT2D eigenvalue weighted by molar-refractivity contribution is -0.718. The van der Waals surface area contributed by atoms with Gasteiger partial charge in [0.2, 0.25) is 5.91 Å². The highest BCUT2D eigenvalue weighted by molar-refractivity contribution is 5.94. The minimum atomic E-state index is -0.241. The Balaban J connectivity index is 2.04. The summed E-state index contributed by atoms with van der Waals surface area (Å²) < 4.78 is 0. The van der Waals surface area contributed by atoms with E-state index < -0.39 is 0 Å². The van der Waals surface area contributed by atoms with Crippen LogP contribution in [0, 0.1) is 5.92 Å². The summed E-state index contributed by atoms with van der Waals surface area (Å²) >= 11 is 0. The summed E-state index contributed by atoms with van der Waals surface area (Å²) in [6.07, 6.45) is 0. The molecule has 30 heavy (non-hydrogen) atoms. The second-order valence-corrected chi connectivity index (χ2v) is 9.37. The third-order valence-corrected chi connectivity index (χ3v) is 5.26. The lowest BCUT2D eigenvalue weighted by atomic mass is 9.85. The van der Waals surface area contributed by atoms with Crippen LogP contribution in [0.25, 0.3) is 0 Å². The fourth-order valence-corrected chi connectivity index (χ4v) is 3.42. The molecule has 0 aliphatic rings. The number of rotatable bonds is 7. The molecule has 2 amide bonds. The number of carbonyl (C=O) groups excluding carboxylic acids is 2. The van der Waals surface area contributed by atoms with Gasteiger partial charge in [0, 0.05) is 29.8 Å². The van der Waals surface area contributed by atoms with E-state index >= 15 is 0 Å². The average Bonchev–Trinajstić information content (AvgIpc) is 2.66. The number of quaternary nitrogens is 1. The van der Waals surface area contributed by atoms with Crippen molar-refractivity contribution in [3.05, 3.63) is 59.7 Å². The second kappa shape index (κ2) is 9.90. The van der Waals surface area contributed by atoms with E-state index in [1.807, 2.05) is 6.92 Å². The molecule has 0 unspecified atom stereocenters. The van der Waals surface area contributed by atoms with Crippen LogP contribution in [0.3, 0.4) is 0 Å². The van der Waals surface area contributed by atoms with Crippen LogP contribution in [0.1, 0.15) is 65.6 Å². The van der Waals surface area contributed by atoms with Crippen LogP contribution in [0.2, 0.25) is 0 Å². The summed E-state index contributed by atoms with van der Waals surface area (Å²) in [6, 6.07) is 15.9. The quantitative estimate of drug-likeness (QED) is 0.639. The molecule has 162 valence electrons. The van der Waals surface area contributed by atoms with Crippen LogP contribution in [-0.2, 0) is 15.0 Å². The van der Waals surface area contributed by atoms with Crippen LogP contribution < -0.4 is 16.0 Å². The average molecular weight is 411 g/mol. The number of benzene rings is 2. The predicted octanol–water partition coefficient (Wildman–Crippen LogP) is 4.23. The molecule has 4 N–H and O–H groups in total. The van der Waals surface area contributed by atoms with Gasteiger partial charge in [-0.1, -0.05) is 58.9 Å². The highest BCUT2D eigenvalue weighted by Gasteiger charge is 2.26. The van der Waals surface area contributed by atoms with Crippen molar-refractivity contribution < 1.29 is 14.9 Å². The van der Waals surface area contributed by atoms with Gasteiger partial charge in [-0.15, -0.1) is 0 Å². The number of hydrogen-bond acceptors (Lipinski definition) is 2. The topological polar surface area (TPSA) is 74.8 Å². The number of nitrogens with two attached hydrogens (primary N) is 1. The largest absolute Gasteiger partial charge is 0.330 e. The Morgan fingerprint density at radius 3 is 1.77 bits per heavy atom. The van der Waals surface area contributed by atoms with Gasteiger partial charge in [0.05, 0.1) is 0 Å². The third-order valence-electron chi connectivity index (χ3n) is 5.26. The number of nitrogens with one attached hydrogen (secondary N) is 2. The number of hydrogen-bond donors (Lipinski definition) is 3. The lowest BCUT2D eigenvalue weighted by Gasteiger charge is -2.25. The van der Waals surface area contributed by atoms with Crippen LogP contribution in [0.15, 0.2) is 48.5 Å². The lowest BCUT2D eigenvalue weighted by Crippen LogP contribution is -2.93. The van der Waals surface area contributed by atoms with E-state index in [1.54, 1.807) is 24.3 Å². The van der Waals surface area contributed by atoms with E-state index in [2.05, 4.69) is 74.8 Å². The van der Waals surface area contributed by atoms with Gasteiger partial charge in [-0.05, 0) is 42.2 Å². The summed E-state index contributed by atoms with van der Waals surface area (Å²) in [6.45, 7) is 14.4. The first kappa shape index (κ1) is 23.6. The number of anilines is 2. The molecular formula is C25H36N3O2+. The Morgan fingerprint density at radius 2 is 1.33 bits per heavy atom. The molecule has 0 aromatic heterocycles. The standard InChI is InChI=1S/C25H35N3O2/c1-16(2)23(19-8-10-20(11-9-19)25(5,6)7)26-17(3)24(30)28-22-14-12-21(13-15-22)27-18(4)29/h8-17,23,26H,1-7H3,(H,27,29)(H,28,30)/p+1/t17-,23+/m0/s1. The molecule has 5 nitrogen and oxygen atoms in total. The summed E-state index contributed by atoms with van der Waals surface area (Å²) in [4.78, 5) is 23.9. The third kappa shape index (κ3) is 6.70. The van der Waals surface area contributed by atoms with Crippen molar-refractivity contribution in [2.24, 2.45) is 5.92 Å². The minimum Gasteiger partial charge on any atom is -0.330 e. The van der Waals surface area contributed by atoms with Crippen molar-refractivity contribution in [2.75, 3.05) is 10.6 Å². The van der Waals surface area contributed by atoms with Crippen molar-refractivity contribution in [3.8, 4) is 0 Å². The fraction of sp³-hybridized carbons (Fsp3) is 0.440. The zero-order valence-corrected chi connectivity index (χ0v) is 19.2. The van der Waals surface area contributed by atoms with E-state index in [1.165, 1.54) is 18.1 Å². The SMILES string of the molecule is CC(=O)Nc1ccc(NC(=O)[C@H](C)[NH2+][C@@H](c2ccc(C(C)(C)C)cc2)C(C)C)cc1. The van der Waals surface area contributed by atoms with Crippen molar-refractivity contribution in [1.29, 1.82) is 0 Å². The Kier molecular flexibility index (Phi) is 7.79. The van der Waals surface area contributed by atoms with Gasteiger partial charge >= 0.3 is 0 Å². The molecule has 2 aromatic rings. The van der Waals surface area contributed by atoms with E-state index in [0.29, 0.717) is 17.3 Å². The molecule has 0 spiro atoms. The molecular weight excluding hydrogens is 374 g/mol. The van der Waals surface area contributed by atoms with E-state index in [-0.39, 0.29) is 29.3 Å². The van der Waals surface area contributed by atoms with Crippen LogP contribution >= 0.6 is 0 Å². The molecule has 0 heterocycles. The normalized spacial score (nSPS) is 13.6. The Morgan fingerprint density at radius 1 is 0.833 bits per heavy atom. The maximum atomic E-state index is 12.7. The van der Waals surface area contributed by atoms with E-state index in [9.17, 15) is 9.59 Å². The highest BCUT2D eigenvalue weighted by Crippen LogP contribution is 2.25. The van der Waals surface area contributed by atoms with Gasteiger partial charge in [0.25, 0.3) is 5.91 Å². The second-order valence-electron chi connectivity index (χ2n) is 9.37. The van der Waals surface area contributed by atoms with Crippen LogP contribution in [0.4, 0.5) is 11.4 Å². The first-order valence-corrected chi connectivity index (χ1v) is 10.6. The van der Waals surface area contributed by atoms with Gasteiger partial charge in [-0.3, -0.25) is 9.59 Å². The van der Waals surface area contributed by atoms with Crippen molar-refractivity contribution in [3.63, 3.8) is 0 Å². The molecule has 5 heteroatoms. The van der Waals surface area contributed by atoms with Gasteiger partial charge in [0.15, 0.2) is 6.04 Å². The molecule has 0 aliphatic heterocycles. The molecule has 0 saturated heterocycles. The van der Waals surface area contributed by atoms with E-state index in [0.717, 1.165) is 0 Å². The molecule has 0 bridgehead atoms. The zero-order chi connectivity index (χ0) is 22.5. The van der Waals surface area contributed by atoms with Crippen molar-refractivity contribution >= 4 is 23.2 Å². The van der Waals surface area contributed by atoms with Crippen LogP contribution in [0.5, 0.6) is 0 Å². The Bertz CT molecular complexity index is 849. The highest BCUT2D eigenvalue weighted by atomic mass is 16.2. The monoisotopic (exact) mass is 410 g/mol. The first-order chi connectivity index (χ1) is 14.0.